The van der Waals surface area contributed by atoms with Crippen LogP contribution in [0.4, 0.5) is 5.69 Å². The molecule has 2 heterocycles. The van der Waals surface area contributed by atoms with E-state index in [2.05, 4.69) is 15.3 Å². The summed E-state index contributed by atoms with van der Waals surface area (Å²) in [7, 11) is 0. The molecule has 0 aliphatic rings. The molecule has 0 spiro atoms. The maximum atomic E-state index is 10.7. The van der Waals surface area contributed by atoms with Gasteiger partial charge in [0.1, 0.15) is 24.8 Å². The minimum absolute atomic E-state index is 0.0415. The minimum Gasteiger partial charge on any atom is -0.486 e. The monoisotopic (exact) mass is 422 g/mol. The zero-order valence-electron chi connectivity index (χ0n) is 15.6. The maximum absolute atomic E-state index is 10.7. The third-order valence-corrected chi connectivity index (χ3v) is 5.59. The van der Waals surface area contributed by atoms with Crippen LogP contribution in [0.3, 0.4) is 0 Å². The van der Waals surface area contributed by atoms with Crippen molar-refractivity contribution in [3.63, 3.8) is 0 Å². The van der Waals surface area contributed by atoms with Gasteiger partial charge in [-0.25, -0.2) is 0 Å². The van der Waals surface area contributed by atoms with Gasteiger partial charge in [0.15, 0.2) is 11.0 Å². The highest BCUT2D eigenvalue weighted by Gasteiger charge is 2.14. The molecule has 3 rings (SSSR count). The second-order valence-corrected chi connectivity index (χ2v) is 7.36. The van der Waals surface area contributed by atoms with Crippen molar-refractivity contribution in [2.75, 3.05) is 0 Å². The van der Waals surface area contributed by atoms with Crippen LogP contribution in [0.1, 0.15) is 23.9 Å². The lowest BCUT2D eigenvalue weighted by molar-refractivity contribution is -0.385. The van der Waals surface area contributed by atoms with Crippen LogP contribution in [0.25, 0.3) is 0 Å². The van der Waals surface area contributed by atoms with Crippen molar-refractivity contribution >= 4 is 29.1 Å². The van der Waals surface area contributed by atoms with E-state index >= 15 is 0 Å². The highest BCUT2D eigenvalue weighted by Crippen LogP contribution is 2.27. The molecule has 9 nitrogen and oxygen atoms in total. The quantitative estimate of drug-likeness (QED) is 0.307. The lowest BCUT2D eigenvalue weighted by Crippen LogP contribution is -2.07. The summed E-state index contributed by atoms with van der Waals surface area (Å²) in [5.74, 6) is 1.81. The first-order valence-corrected chi connectivity index (χ1v) is 9.86. The zero-order chi connectivity index (χ0) is 20.3. The molecule has 0 N–H and O–H groups in total. The summed E-state index contributed by atoms with van der Waals surface area (Å²) in [5.41, 5.74) is 1.87. The van der Waals surface area contributed by atoms with Gasteiger partial charge in [0.25, 0.3) is 0 Å². The first-order chi connectivity index (χ1) is 13.4. The second kappa shape index (κ2) is 8.61. The molecular formula is C17H19ClN6O3S. The smallest absolute Gasteiger partial charge is 0.307 e. The molecule has 0 aliphatic carbocycles. The number of hydrogen-bond donors (Lipinski definition) is 0. The van der Waals surface area contributed by atoms with E-state index < -0.39 is 4.92 Å². The van der Waals surface area contributed by atoms with E-state index in [1.165, 1.54) is 28.8 Å². The first-order valence-electron chi connectivity index (χ1n) is 8.50. The summed E-state index contributed by atoms with van der Waals surface area (Å²) < 4.78 is 9.31. The number of aromatic nitrogens is 5. The molecule has 0 aliphatic heterocycles. The van der Waals surface area contributed by atoms with Crippen LogP contribution < -0.4 is 4.74 Å². The van der Waals surface area contributed by atoms with Crippen molar-refractivity contribution in [2.45, 2.75) is 45.0 Å². The van der Waals surface area contributed by atoms with E-state index in [0.717, 1.165) is 21.9 Å². The predicted octanol–water partition coefficient (Wildman–Crippen LogP) is 4.00. The summed E-state index contributed by atoms with van der Waals surface area (Å²) in [4.78, 5) is 10.3. The second-order valence-electron chi connectivity index (χ2n) is 6.07. The number of aryl methyl sites for hydroxylation is 2. The summed E-state index contributed by atoms with van der Waals surface area (Å²) in [5, 5.41) is 24.6. The summed E-state index contributed by atoms with van der Waals surface area (Å²) in [6.45, 7) is 6.81. The normalized spacial score (nSPS) is 11.0. The molecule has 0 atom stereocenters. The minimum atomic E-state index is -0.474. The number of benzene rings is 1. The van der Waals surface area contributed by atoms with E-state index in [1.54, 1.807) is 0 Å². The Morgan fingerprint density at radius 3 is 2.61 bits per heavy atom. The highest BCUT2D eigenvalue weighted by atomic mass is 35.5. The van der Waals surface area contributed by atoms with Crippen molar-refractivity contribution in [3.8, 4) is 5.75 Å². The number of rotatable bonds is 8. The standard InChI is InChI=1S/C17H19ClN6O3S/c1-4-23-15(9-27-14-5-11(2)16(18)12(3)6-14)20-21-17(23)28-10-22-8-13(7-19-22)24(25)26/h5-8H,4,9-10H2,1-3H3. The van der Waals surface area contributed by atoms with E-state index in [4.69, 9.17) is 16.3 Å². The molecule has 0 unspecified atom stereocenters. The van der Waals surface area contributed by atoms with E-state index in [-0.39, 0.29) is 12.3 Å². The number of thioether (sulfide) groups is 1. The van der Waals surface area contributed by atoms with Crippen molar-refractivity contribution in [2.24, 2.45) is 0 Å². The number of nitro groups is 1. The van der Waals surface area contributed by atoms with Crippen LogP contribution in [-0.4, -0.2) is 29.5 Å². The van der Waals surface area contributed by atoms with Crippen molar-refractivity contribution in [1.82, 2.24) is 24.5 Å². The van der Waals surface area contributed by atoms with Gasteiger partial charge in [-0.05, 0) is 44.0 Å². The fraction of sp³-hybridized carbons (Fsp3) is 0.353. The van der Waals surface area contributed by atoms with Crippen LogP contribution in [0.5, 0.6) is 5.75 Å². The Labute approximate surface area is 170 Å². The number of halogens is 1. The lowest BCUT2D eigenvalue weighted by atomic mass is 10.1. The predicted molar refractivity (Wildman–Crippen MR) is 106 cm³/mol. The van der Waals surface area contributed by atoms with Gasteiger partial charge in [-0.2, -0.15) is 5.10 Å². The van der Waals surface area contributed by atoms with Gasteiger partial charge < -0.3 is 9.30 Å². The molecule has 0 fully saturated rings. The Hall–Kier alpha value is -2.59. The van der Waals surface area contributed by atoms with Crippen molar-refractivity contribution in [3.05, 3.63) is 56.6 Å². The number of nitrogens with zero attached hydrogens (tertiary/aromatic N) is 6. The van der Waals surface area contributed by atoms with Crippen LogP contribution in [0, 0.1) is 24.0 Å². The summed E-state index contributed by atoms with van der Waals surface area (Å²) >= 11 is 7.59. The fourth-order valence-corrected chi connectivity index (χ4v) is 3.62. The van der Waals surface area contributed by atoms with Gasteiger partial charge in [-0.1, -0.05) is 23.4 Å². The largest absolute Gasteiger partial charge is 0.486 e. The molecule has 11 heteroatoms. The molecule has 0 saturated carbocycles. The SMILES string of the molecule is CCn1c(COc2cc(C)c(Cl)c(C)c2)nnc1SCn1cc([N+](=O)[O-])cn1. The third kappa shape index (κ3) is 4.45. The first kappa shape index (κ1) is 20.2. The van der Waals surface area contributed by atoms with Gasteiger partial charge >= 0.3 is 5.69 Å². The van der Waals surface area contributed by atoms with Gasteiger partial charge in [0, 0.05) is 11.6 Å². The van der Waals surface area contributed by atoms with Crippen molar-refractivity contribution in [1.29, 1.82) is 0 Å². The topological polar surface area (TPSA) is 101 Å². The summed E-state index contributed by atoms with van der Waals surface area (Å²) in [6.07, 6.45) is 2.61. The Kier molecular flexibility index (Phi) is 6.20. The molecule has 0 saturated heterocycles. The molecule has 148 valence electrons. The molecule has 3 aromatic rings. The molecular weight excluding hydrogens is 404 g/mol. The summed E-state index contributed by atoms with van der Waals surface area (Å²) in [6, 6.07) is 3.78. The molecule has 0 bridgehead atoms. The Morgan fingerprint density at radius 2 is 2.00 bits per heavy atom. The number of hydrogen-bond acceptors (Lipinski definition) is 7. The van der Waals surface area contributed by atoms with Gasteiger partial charge in [0.2, 0.25) is 0 Å². The molecule has 1 aromatic carbocycles. The third-order valence-electron chi connectivity index (χ3n) is 4.04. The average molecular weight is 423 g/mol. The highest BCUT2D eigenvalue weighted by molar-refractivity contribution is 7.98. The zero-order valence-corrected chi connectivity index (χ0v) is 17.2. The average Bonchev–Trinajstić information content (AvgIpc) is 3.29. The Bertz CT molecular complexity index is 980. The van der Waals surface area contributed by atoms with Crippen molar-refractivity contribution < 1.29 is 9.66 Å². The van der Waals surface area contributed by atoms with Crippen LogP contribution in [0.2, 0.25) is 5.02 Å². The van der Waals surface area contributed by atoms with Gasteiger partial charge in [0.05, 0.1) is 10.8 Å². The fourth-order valence-electron chi connectivity index (χ4n) is 2.63. The van der Waals surface area contributed by atoms with Crippen LogP contribution >= 0.6 is 23.4 Å². The Balaban J connectivity index is 1.66. The van der Waals surface area contributed by atoms with Crippen LogP contribution in [0.15, 0.2) is 29.7 Å². The van der Waals surface area contributed by atoms with E-state index in [1.807, 2.05) is 37.5 Å². The van der Waals surface area contributed by atoms with E-state index in [9.17, 15) is 10.1 Å². The van der Waals surface area contributed by atoms with E-state index in [0.29, 0.717) is 23.4 Å². The molecule has 0 radical (unpaired) electrons. The van der Waals surface area contributed by atoms with Gasteiger partial charge in [-0.3, -0.25) is 14.8 Å². The Morgan fingerprint density at radius 1 is 1.29 bits per heavy atom. The molecule has 0 amide bonds. The molecule has 28 heavy (non-hydrogen) atoms. The maximum Gasteiger partial charge on any atom is 0.307 e. The molecule has 2 aromatic heterocycles. The van der Waals surface area contributed by atoms with Gasteiger partial charge in [-0.15, -0.1) is 10.2 Å². The number of ether oxygens (including phenoxy) is 1. The van der Waals surface area contributed by atoms with Crippen LogP contribution in [-0.2, 0) is 19.0 Å². The lowest BCUT2D eigenvalue weighted by Gasteiger charge is -2.11.